The van der Waals surface area contributed by atoms with Gasteiger partial charge in [0.05, 0.1) is 12.3 Å². The fraction of sp³-hybridized carbons (Fsp3) is 0.632. The van der Waals surface area contributed by atoms with E-state index in [2.05, 4.69) is 18.8 Å². The summed E-state index contributed by atoms with van der Waals surface area (Å²) in [5.41, 5.74) is 8.22. The van der Waals surface area contributed by atoms with Gasteiger partial charge >= 0.3 is 0 Å². The van der Waals surface area contributed by atoms with Crippen LogP contribution in [0.1, 0.15) is 57.8 Å². The van der Waals surface area contributed by atoms with E-state index >= 15 is 0 Å². The molecule has 0 aliphatic heterocycles. The minimum atomic E-state index is 0.286. The Balaban J connectivity index is 1.73. The summed E-state index contributed by atoms with van der Waals surface area (Å²) in [6.45, 7) is 5.29. The Kier molecular flexibility index (Phi) is 5.29. The molecule has 1 saturated carbocycles. The van der Waals surface area contributed by atoms with Crippen LogP contribution in [0.3, 0.4) is 0 Å². The van der Waals surface area contributed by atoms with Gasteiger partial charge in [-0.15, -0.1) is 0 Å². The molecule has 3 N–H and O–H groups in total. The molecule has 0 unspecified atom stereocenters. The number of oxazole rings is 1. The van der Waals surface area contributed by atoms with Crippen LogP contribution < -0.4 is 10.5 Å². The highest BCUT2D eigenvalue weighted by molar-refractivity contribution is 5.80. The lowest BCUT2D eigenvalue weighted by atomic mass is 9.82. The molecule has 1 aromatic carbocycles. The first-order valence-electron chi connectivity index (χ1n) is 9.00. The minimum Gasteiger partial charge on any atom is -0.491 e. The number of ether oxygens (including phenoxy) is 1. The van der Waals surface area contributed by atoms with Gasteiger partial charge in [-0.05, 0) is 43.9 Å². The zero-order chi connectivity index (χ0) is 17.1. The number of anilines is 1. The topological polar surface area (TPSA) is 81.5 Å². The highest BCUT2D eigenvalue weighted by atomic mass is 16.5. The van der Waals surface area contributed by atoms with Gasteiger partial charge in [-0.3, -0.25) is 0 Å². The van der Waals surface area contributed by atoms with Crippen LogP contribution in [-0.4, -0.2) is 23.3 Å². The highest BCUT2D eigenvalue weighted by Gasteiger charge is 2.25. The van der Waals surface area contributed by atoms with Crippen molar-refractivity contribution in [3.05, 3.63) is 18.0 Å². The lowest BCUT2D eigenvalue weighted by molar-refractivity contribution is 0.177. The molecule has 0 amide bonds. The Morgan fingerprint density at radius 3 is 2.71 bits per heavy atom. The third kappa shape index (κ3) is 3.83. The third-order valence-electron chi connectivity index (χ3n) is 4.94. The van der Waals surface area contributed by atoms with Gasteiger partial charge in [0.15, 0.2) is 11.5 Å². The van der Waals surface area contributed by atoms with Gasteiger partial charge in [0.25, 0.3) is 0 Å². The van der Waals surface area contributed by atoms with Gasteiger partial charge < -0.3 is 20.0 Å². The fourth-order valence-corrected chi connectivity index (χ4v) is 3.28. The molecule has 3 rings (SSSR count). The normalized spacial score (nSPS) is 21.5. The number of nitrogen functional groups attached to an aromatic ring is 1. The van der Waals surface area contributed by atoms with E-state index < -0.39 is 0 Å². The molecule has 0 spiro atoms. The molecule has 132 valence electrons. The highest BCUT2D eigenvalue weighted by Crippen LogP contribution is 2.37. The van der Waals surface area contributed by atoms with Crippen LogP contribution in [0.15, 0.2) is 16.5 Å². The van der Waals surface area contributed by atoms with Crippen molar-refractivity contribution in [3.8, 4) is 5.75 Å². The number of hydrogen-bond acceptors (Lipinski definition) is 5. The van der Waals surface area contributed by atoms with Gasteiger partial charge in [-0.25, -0.2) is 4.98 Å². The Morgan fingerprint density at radius 1 is 1.29 bits per heavy atom. The molecule has 1 aliphatic rings. The first kappa shape index (κ1) is 17.1. The number of fused-ring (bicyclic) bond motifs is 1. The largest absolute Gasteiger partial charge is 0.491 e. The number of nitrogens with two attached hydrogens (primary N) is 1. The summed E-state index contributed by atoms with van der Waals surface area (Å²) in [5.74, 6) is 2.85. The van der Waals surface area contributed by atoms with Gasteiger partial charge in [0.1, 0.15) is 11.3 Å². The van der Waals surface area contributed by atoms with E-state index in [0.717, 1.165) is 49.1 Å². The monoisotopic (exact) mass is 332 g/mol. The molecule has 0 radical (unpaired) electrons. The van der Waals surface area contributed by atoms with Crippen LogP contribution in [0.2, 0.25) is 0 Å². The van der Waals surface area contributed by atoms with Crippen molar-refractivity contribution in [1.82, 2.24) is 4.98 Å². The average Bonchev–Trinajstić information content (AvgIpc) is 2.97. The van der Waals surface area contributed by atoms with E-state index in [0.29, 0.717) is 35.8 Å². The minimum absolute atomic E-state index is 0.286. The predicted molar refractivity (Wildman–Crippen MR) is 95.2 cm³/mol. The first-order valence-corrected chi connectivity index (χ1v) is 9.00. The van der Waals surface area contributed by atoms with Crippen molar-refractivity contribution in [2.24, 2.45) is 11.8 Å². The van der Waals surface area contributed by atoms with E-state index in [1.54, 1.807) is 0 Å². The summed E-state index contributed by atoms with van der Waals surface area (Å²) in [4.78, 5) is 4.67. The predicted octanol–water partition coefficient (Wildman–Crippen LogP) is 4.10. The number of hydrogen-bond donors (Lipinski definition) is 2. The molecule has 1 heterocycles. The van der Waals surface area contributed by atoms with E-state index in [-0.39, 0.29) is 6.61 Å². The van der Waals surface area contributed by atoms with Gasteiger partial charge in [-0.2, -0.15) is 0 Å². The maximum Gasteiger partial charge on any atom is 0.198 e. The zero-order valence-electron chi connectivity index (χ0n) is 14.6. The molecule has 24 heavy (non-hydrogen) atoms. The first-order chi connectivity index (χ1) is 11.6. The molecule has 5 heteroatoms. The Hall–Kier alpha value is -1.75. The summed E-state index contributed by atoms with van der Waals surface area (Å²) in [5, 5.41) is 9.26. The summed E-state index contributed by atoms with van der Waals surface area (Å²) in [6, 6.07) is 3.70. The van der Waals surface area contributed by atoms with Crippen LogP contribution in [-0.2, 0) is 0 Å². The maximum atomic E-state index is 9.26. The van der Waals surface area contributed by atoms with Gasteiger partial charge in [0.2, 0.25) is 0 Å². The van der Waals surface area contributed by atoms with Crippen molar-refractivity contribution in [1.29, 1.82) is 0 Å². The second kappa shape index (κ2) is 7.43. The fourth-order valence-electron chi connectivity index (χ4n) is 3.28. The van der Waals surface area contributed by atoms with Crippen molar-refractivity contribution >= 4 is 16.8 Å². The van der Waals surface area contributed by atoms with E-state index in [1.807, 2.05) is 12.1 Å². The van der Waals surface area contributed by atoms with Crippen molar-refractivity contribution in [2.75, 3.05) is 18.9 Å². The van der Waals surface area contributed by atoms with E-state index in [1.165, 1.54) is 0 Å². The lowest BCUT2D eigenvalue weighted by Gasteiger charge is -2.24. The quantitative estimate of drug-likeness (QED) is 0.778. The molecular formula is C19H28N2O3. The molecular weight excluding hydrogens is 304 g/mol. The lowest BCUT2D eigenvalue weighted by Crippen LogP contribution is -2.16. The molecule has 1 fully saturated rings. The van der Waals surface area contributed by atoms with Gasteiger partial charge in [-0.1, -0.05) is 13.8 Å². The average molecular weight is 332 g/mol. The summed E-state index contributed by atoms with van der Waals surface area (Å²) < 4.78 is 11.8. The van der Waals surface area contributed by atoms with Crippen LogP contribution in [0.5, 0.6) is 5.75 Å². The Labute approximate surface area is 143 Å². The number of nitrogens with zero attached hydrogens (tertiary/aromatic N) is 1. The molecule has 0 bridgehead atoms. The molecule has 1 aliphatic carbocycles. The van der Waals surface area contributed by atoms with Crippen LogP contribution in [0.4, 0.5) is 5.69 Å². The Morgan fingerprint density at radius 2 is 2.04 bits per heavy atom. The number of aromatic nitrogens is 1. The van der Waals surface area contributed by atoms with E-state index in [9.17, 15) is 5.11 Å². The van der Waals surface area contributed by atoms with Crippen LogP contribution in [0, 0.1) is 11.8 Å². The molecule has 1 aromatic heterocycles. The summed E-state index contributed by atoms with van der Waals surface area (Å²) in [6.07, 6.45) is 5.10. The molecule has 2 aromatic rings. The van der Waals surface area contributed by atoms with Crippen LogP contribution >= 0.6 is 0 Å². The SMILES string of the molecule is CC(C)CCOc1cc2nc(C3CCC(CO)CC3)oc2cc1N. The van der Waals surface area contributed by atoms with E-state index in [4.69, 9.17) is 14.9 Å². The number of aliphatic hydroxyl groups excluding tert-OH is 1. The Bertz CT molecular complexity index is 673. The zero-order valence-corrected chi connectivity index (χ0v) is 14.6. The second-order valence-electron chi connectivity index (χ2n) is 7.34. The standard InChI is InChI=1S/C19H28N2O3/c1-12(2)7-8-23-17-10-16-18(9-15(17)20)24-19(21-16)14-5-3-13(11-22)4-6-14/h9-10,12-14,22H,3-8,11,20H2,1-2H3. The van der Waals surface area contributed by atoms with Gasteiger partial charge in [0, 0.05) is 24.7 Å². The number of benzene rings is 1. The number of aliphatic hydroxyl groups is 1. The maximum absolute atomic E-state index is 9.26. The summed E-state index contributed by atoms with van der Waals surface area (Å²) >= 11 is 0. The molecule has 0 saturated heterocycles. The third-order valence-corrected chi connectivity index (χ3v) is 4.94. The number of rotatable bonds is 6. The van der Waals surface area contributed by atoms with Crippen molar-refractivity contribution in [3.63, 3.8) is 0 Å². The van der Waals surface area contributed by atoms with Crippen LogP contribution in [0.25, 0.3) is 11.1 Å². The molecule has 5 nitrogen and oxygen atoms in total. The summed E-state index contributed by atoms with van der Waals surface area (Å²) in [7, 11) is 0. The smallest absolute Gasteiger partial charge is 0.198 e. The molecule has 0 atom stereocenters. The van der Waals surface area contributed by atoms with Crippen molar-refractivity contribution in [2.45, 2.75) is 51.9 Å². The van der Waals surface area contributed by atoms with Crippen molar-refractivity contribution < 1.29 is 14.3 Å². The second-order valence-corrected chi connectivity index (χ2v) is 7.34.